The summed E-state index contributed by atoms with van der Waals surface area (Å²) >= 11 is 0. The highest BCUT2D eigenvalue weighted by atomic mass is 19.1. The normalized spacial score (nSPS) is 15.4. The zero-order valence-electron chi connectivity index (χ0n) is 18.0. The molecule has 1 aromatic heterocycles. The number of anilines is 4. The van der Waals surface area contributed by atoms with Crippen molar-refractivity contribution in [2.24, 2.45) is 0 Å². The van der Waals surface area contributed by atoms with Crippen molar-refractivity contribution in [3.05, 3.63) is 71.7 Å². The molecule has 0 radical (unpaired) electrons. The number of aromatic nitrogens is 2. The van der Waals surface area contributed by atoms with Gasteiger partial charge in [-0.1, -0.05) is 12.1 Å². The number of nitrogens with one attached hydrogen (secondary N) is 2. The number of fused-ring (bicyclic) bond motifs is 1. The van der Waals surface area contributed by atoms with E-state index >= 15 is 0 Å². The Bertz CT molecular complexity index is 1150. The molecule has 2 amide bonds. The molecule has 0 bridgehead atoms. The summed E-state index contributed by atoms with van der Waals surface area (Å²) in [6, 6.07) is 12.4. The molecule has 8 nitrogen and oxygen atoms in total. The van der Waals surface area contributed by atoms with Gasteiger partial charge in [-0.05, 0) is 48.9 Å². The van der Waals surface area contributed by atoms with Crippen LogP contribution >= 0.6 is 0 Å². The highest BCUT2D eigenvalue weighted by Gasteiger charge is 2.32. The molecule has 0 saturated carbocycles. The average Bonchev–Trinajstić information content (AvgIpc) is 2.81. The number of nitrogens with zero attached hydrogens (tertiary/aromatic N) is 4. The summed E-state index contributed by atoms with van der Waals surface area (Å²) in [5.74, 6) is 0.453. The maximum Gasteiger partial charge on any atom is 0.255 e. The lowest BCUT2D eigenvalue weighted by Gasteiger charge is -2.36. The first kappa shape index (κ1) is 21.2. The van der Waals surface area contributed by atoms with Crippen molar-refractivity contribution in [2.45, 2.75) is 19.5 Å². The van der Waals surface area contributed by atoms with E-state index in [0.29, 0.717) is 35.2 Å². The molecule has 2 aromatic carbocycles. The molecular weight excluding hydrogens is 411 g/mol. The molecule has 1 aliphatic heterocycles. The molecule has 0 fully saturated rings. The Morgan fingerprint density at radius 3 is 2.47 bits per heavy atom. The minimum Gasteiger partial charge on any atom is -0.350 e. The SMILES string of the molecule is C[C@@H]1C(=O)N(C)c2cnc(NCc3ccc(NC(=O)c4ccc(F)cc4)cc3)nc2N1C. The van der Waals surface area contributed by atoms with Gasteiger partial charge in [0.2, 0.25) is 11.9 Å². The van der Waals surface area contributed by atoms with Gasteiger partial charge in [-0.15, -0.1) is 0 Å². The summed E-state index contributed by atoms with van der Waals surface area (Å²) in [4.78, 5) is 36.8. The largest absolute Gasteiger partial charge is 0.350 e. The lowest BCUT2D eigenvalue weighted by Crippen LogP contribution is -2.49. The third kappa shape index (κ3) is 4.22. The number of carbonyl (C=O) groups excluding carboxylic acids is 2. The third-order valence-electron chi connectivity index (χ3n) is 5.48. The highest BCUT2D eigenvalue weighted by Crippen LogP contribution is 2.32. The van der Waals surface area contributed by atoms with Crippen LogP contribution in [0.1, 0.15) is 22.8 Å². The van der Waals surface area contributed by atoms with Crippen molar-refractivity contribution in [1.82, 2.24) is 9.97 Å². The minimum atomic E-state index is -0.386. The first-order chi connectivity index (χ1) is 15.3. The molecule has 4 rings (SSSR count). The van der Waals surface area contributed by atoms with Crippen LogP contribution in [0.15, 0.2) is 54.7 Å². The van der Waals surface area contributed by atoms with Crippen molar-refractivity contribution in [2.75, 3.05) is 34.5 Å². The van der Waals surface area contributed by atoms with Crippen LogP contribution in [0.25, 0.3) is 0 Å². The fraction of sp³-hybridized carbons (Fsp3) is 0.217. The predicted molar refractivity (Wildman–Crippen MR) is 121 cm³/mol. The second kappa shape index (κ2) is 8.62. The molecule has 1 aliphatic rings. The van der Waals surface area contributed by atoms with Crippen molar-refractivity contribution in [3.63, 3.8) is 0 Å². The summed E-state index contributed by atoms with van der Waals surface area (Å²) in [5, 5.41) is 5.97. The molecule has 32 heavy (non-hydrogen) atoms. The van der Waals surface area contributed by atoms with Crippen LogP contribution in [0.3, 0.4) is 0 Å². The number of hydrogen-bond acceptors (Lipinski definition) is 6. The average molecular weight is 434 g/mol. The first-order valence-corrected chi connectivity index (χ1v) is 10.1. The second-order valence-electron chi connectivity index (χ2n) is 7.60. The summed E-state index contributed by atoms with van der Waals surface area (Å²) in [7, 11) is 3.56. The van der Waals surface area contributed by atoms with Crippen molar-refractivity contribution < 1.29 is 14.0 Å². The molecule has 1 atom stereocenters. The lowest BCUT2D eigenvalue weighted by molar-refractivity contribution is -0.119. The Morgan fingerprint density at radius 2 is 1.78 bits per heavy atom. The molecule has 2 heterocycles. The Kier molecular flexibility index (Phi) is 5.72. The molecule has 9 heteroatoms. The smallest absolute Gasteiger partial charge is 0.255 e. The maximum atomic E-state index is 13.0. The van der Waals surface area contributed by atoms with E-state index in [1.54, 1.807) is 30.3 Å². The van der Waals surface area contributed by atoms with E-state index in [9.17, 15) is 14.0 Å². The molecule has 0 unspecified atom stereocenters. The monoisotopic (exact) mass is 434 g/mol. The number of carbonyl (C=O) groups is 2. The summed E-state index contributed by atoms with van der Waals surface area (Å²) in [6.07, 6.45) is 1.64. The van der Waals surface area contributed by atoms with Gasteiger partial charge in [0.15, 0.2) is 5.82 Å². The summed E-state index contributed by atoms with van der Waals surface area (Å²) in [6.45, 7) is 2.33. The molecular formula is C23H23FN6O2. The van der Waals surface area contributed by atoms with E-state index < -0.39 is 0 Å². The molecule has 0 spiro atoms. The Balaban J connectivity index is 1.39. The van der Waals surface area contributed by atoms with Crippen molar-refractivity contribution in [3.8, 4) is 0 Å². The number of rotatable bonds is 5. The van der Waals surface area contributed by atoms with Crippen molar-refractivity contribution >= 4 is 35.0 Å². The van der Waals surface area contributed by atoms with Gasteiger partial charge in [0.1, 0.15) is 17.5 Å². The quantitative estimate of drug-likeness (QED) is 0.641. The summed E-state index contributed by atoms with van der Waals surface area (Å²) in [5.41, 5.74) is 2.66. The van der Waals surface area contributed by atoms with E-state index in [4.69, 9.17) is 0 Å². The van der Waals surface area contributed by atoms with Gasteiger partial charge in [-0.25, -0.2) is 9.37 Å². The molecule has 2 N–H and O–H groups in total. The second-order valence-corrected chi connectivity index (χ2v) is 7.60. The zero-order chi connectivity index (χ0) is 22.8. The molecule has 3 aromatic rings. The van der Waals surface area contributed by atoms with E-state index in [0.717, 1.165) is 5.56 Å². The Labute approximate surface area is 185 Å². The van der Waals surface area contributed by atoms with Gasteiger partial charge < -0.3 is 20.4 Å². The summed E-state index contributed by atoms with van der Waals surface area (Å²) < 4.78 is 13.0. The standard InChI is InChI=1S/C23H23FN6O2/c1-14-22(32)30(3)19-13-26-23(28-20(19)29(14)2)25-12-15-4-10-18(11-5-15)27-21(31)16-6-8-17(24)9-7-16/h4-11,13-14H,12H2,1-3H3,(H,27,31)(H,25,26,28)/t14-/m1/s1. The van der Waals surface area contributed by atoms with E-state index in [2.05, 4.69) is 20.6 Å². The fourth-order valence-electron chi connectivity index (χ4n) is 3.39. The highest BCUT2D eigenvalue weighted by molar-refractivity contribution is 6.04. The Hall–Kier alpha value is -4.01. The zero-order valence-corrected chi connectivity index (χ0v) is 18.0. The van der Waals surface area contributed by atoms with Gasteiger partial charge in [0.05, 0.1) is 6.20 Å². The van der Waals surface area contributed by atoms with Crippen LogP contribution < -0.4 is 20.4 Å². The number of amides is 2. The van der Waals surface area contributed by atoms with E-state index in [1.807, 2.05) is 31.0 Å². The van der Waals surface area contributed by atoms with Gasteiger partial charge in [-0.3, -0.25) is 9.59 Å². The molecule has 0 aliphatic carbocycles. The van der Waals surface area contributed by atoms with Gasteiger partial charge in [0.25, 0.3) is 5.91 Å². The molecule has 0 saturated heterocycles. The number of likely N-dealkylation sites (N-methyl/N-ethyl adjacent to an activating group) is 2. The van der Waals surface area contributed by atoms with Crippen LogP contribution in [-0.2, 0) is 11.3 Å². The van der Waals surface area contributed by atoms with Gasteiger partial charge in [0, 0.05) is 31.9 Å². The fourth-order valence-corrected chi connectivity index (χ4v) is 3.39. The van der Waals surface area contributed by atoms with Gasteiger partial charge >= 0.3 is 0 Å². The molecule has 164 valence electrons. The lowest BCUT2D eigenvalue weighted by atomic mass is 10.1. The number of hydrogen-bond donors (Lipinski definition) is 2. The third-order valence-corrected chi connectivity index (χ3v) is 5.48. The van der Waals surface area contributed by atoms with Crippen molar-refractivity contribution in [1.29, 1.82) is 0 Å². The van der Waals surface area contributed by atoms with Crippen LogP contribution in [0.5, 0.6) is 0 Å². The number of benzene rings is 2. The predicted octanol–water partition coefficient (Wildman–Crippen LogP) is 3.28. The minimum absolute atomic E-state index is 0.00378. The van der Waals surface area contributed by atoms with E-state index in [1.165, 1.54) is 24.3 Å². The topological polar surface area (TPSA) is 90.5 Å². The van der Waals surface area contributed by atoms with E-state index in [-0.39, 0.29) is 23.7 Å². The van der Waals surface area contributed by atoms with Crippen LogP contribution in [0.4, 0.5) is 27.5 Å². The van der Waals surface area contributed by atoms with Crippen LogP contribution in [-0.4, -0.2) is 41.9 Å². The number of halogens is 1. The first-order valence-electron chi connectivity index (χ1n) is 10.1. The van der Waals surface area contributed by atoms with Gasteiger partial charge in [-0.2, -0.15) is 4.98 Å². The van der Waals surface area contributed by atoms with Crippen LogP contribution in [0, 0.1) is 5.82 Å². The Morgan fingerprint density at radius 1 is 1.09 bits per heavy atom. The van der Waals surface area contributed by atoms with Crippen LogP contribution in [0.2, 0.25) is 0 Å². The maximum absolute atomic E-state index is 13.0.